The maximum atomic E-state index is 11.7. The Labute approximate surface area is 88.5 Å². The number of rotatable bonds is 6. The second-order valence-electron chi connectivity index (χ2n) is 3.72. The third kappa shape index (κ3) is 3.36. The van der Waals surface area contributed by atoms with Crippen molar-refractivity contribution in [2.75, 3.05) is 6.54 Å². The van der Waals surface area contributed by atoms with E-state index in [9.17, 15) is 9.59 Å². The Balaban J connectivity index is 2.57. The van der Waals surface area contributed by atoms with Crippen LogP contribution in [-0.4, -0.2) is 40.5 Å². The lowest BCUT2D eigenvalue weighted by molar-refractivity contribution is -0.145. The number of nitrogens with two attached hydrogens (primary N) is 1. The lowest BCUT2D eigenvalue weighted by atomic mass is 10.2. The van der Waals surface area contributed by atoms with E-state index in [0.717, 1.165) is 12.8 Å². The summed E-state index contributed by atoms with van der Waals surface area (Å²) in [6.07, 6.45) is 3.69. The number of carboxylic acids is 1. The monoisotopic (exact) mass is 212 g/mol. The number of carboxylic acid groups (broad SMARTS) is 1. The van der Waals surface area contributed by atoms with E-state index in [-0.39, 0.29) is 18.5 Å². The molecule has 3 N–H and O–H groups in total. The average Bonchev–Trinajstić information content (AvgIpc) is 2.96. The summed E-state index contributed by atoms with van der Waals surface area (Å²) < 4.78 is 0. The maximum absolute atomic E-state index is 11.7. The molecular weight excluding hydrogens is 196 g/mol. The second kappa shape index (κ2) is 4.93. The fraction of sp³-hybridized carbons (Fsp3) is 0.600. The summed E-state index contributed by atoms with van der Waals surface area (Å²) in [7, 11) is 0. The minimum absolute atomic E-state index is 0.0736. The Kier molecular flexibility index (Phi) is 3.85. The number of carbonyl (C=O) groups is 2. The smallest absolute Gasteiger partial charge is 0.323 e. The zero-order valence-corrected chi connectivity index (χ0v) is 8.56. The van der Waals surface area contributed by atoms with Crippen molar-refractivity contribution >= 4 is 11.9 Å². The summed E-state index contributed by atoms with van der Waals surface area (Å²) in [6, 6.07) is -0.591. The Morgan fingerprint density at radius 2 is 2.20 bits per heavy atom. The Hall–Kier alpha value is -1.36. The van der Waals surface area contributed by atoms with Crippen LogP contribution in [0.1, 0.15) is 19.3 Å². The van der Waals surface area contributed by atoms with Crippen molar-refractivity contribution in [1.29, 1.82) is 0 Å². The fourth-order valence-corrected chi connectivity index (χ4v) is 1.41. The van der Waals surface area contributed by atoms with Gasteiger partial charge < -0.3 is 15.7 Å². The molecule has 5 nitrogen and oxygen atoms in total. The van der Waals surface area contributed by atoms with Crippen LogP contribution in [0.2, 0.25) is 0 Å². The highest BCUT2D eigenvalue weighted by Crippen LogP contribution is 2.27. The van der Waals surface area contributed by atoms with E-state index in [2.05, 4.69) is 6.58 Å². The molecule has 1 fully saturated rings. The van der Waals surface area contributed by atoms with Crippen LogP contribution in [0.4, 0.5) is 0 Å². The average molecular weight is 212 g/mol. The van der Waals surface area contributed by atoms with Crippen LogP contribution in [0.5, 0.6) is 0 Å². The van der Waals surface area contributed by atoms with Crippen molar-refractivity contribution < 1.29 is 14.7 Å². The zero-order chi connectivity index (χ0) is 11.4. The van der Waals surface area contributed by atoms with Gasteiger partial charge in [0, 0.05) is 6.04 Å². The van der Waals surface area contributed by atoms with E-state index in [4.69, 9.17) is 10.8 Å². The molecule has 1 aliphatic rings. The molecule has 84 valence electrons. The van der Waals surface area contributed by atoms with Crippen LogP contribution in [0, 0.1) is 0 Å². The summed E-state index contributed by atoms with van der Waals surface area (Å²) in [5.74, 6) is -1.29. The van der Waals surface area contributed by atoms with E-state index >= 15 is 0 Å². The molecule has 0 aromatic rings. The van der Waals surface area contributed by atoms with Crippen molar-refractivity contribution in [1.82, 2.24) is 4.90 Å². The predicted octanol–water partition coefficient (Wildman–Crippen LogP) is -0.0346. The van der Waals surface area contributed by atoms with Gasteiger partial charge in [-0.25, -0.2) is 0 Å². The molecule has 15 heavy (non-hydrogen) atoms. The first-order valence-corrected chi connectivity index (χ1v) is 4.95. The zero-order valence-electron chi connectivity index (χ0n) is 8.56. The number of hydrogen-bond acceptors (Lipinski definition) is 3. The van der Waals surface area contributed by atoms with E-state index in [1.165, 1.54) is 4.90 Å². The standard InChI is InChI=1S/C10H16N2O3/c1-2-3-8(11)10(15)12(6-9(13)14)7-4-5-7/h2,7-8H,1,3-6,11H2,(H,13,14). The molecule has 0 aliphatic heterocycles. The van der Waals surface area contributed by atoms with E-state index in [0.29, 0.717) is 6.42 Å². The van der Waals surface area contributed by atoms with Crippen LogP contribution < -0.4 is 5.73 Å². The van der Waals surface area contributed by atoms with Crippen molar-refractivity contribution in [3.63, 3.8) is 0 Å². The van der Waals surface area contributed by atoms with Crippen molar-refractivity contribution in [2.45, 2.75) is 31.3 Å². The van der Waals surface area contributed by atoms with Crippen LogP contribution in [0.3, 0.4) is 0 Å². The van der Waals surface area contributed by atoms with Gasteiger partial charge in [0.05, 0.1) is 6.04 Å². The Morgan fingerprint density at radius 3 is 2.60 bits per heavy atom. The van der Waals surface area contributed by atoms with Gasteiger partial charge in [-0.3, -0.25) is 9.59 Å². The molecule has 0 aromatic heterocycles. The summed E-state index contributed by atoms with van der Waals surface area (Å²) >= 11 is 0. The third-order valence-corrected chi connectivity index (χ3v) is 2.31. The molecule has 1 amide bonds. The van der Waals surface area contributed by atoms with Crippen molar-refractivity contribution in [3.05, 3.63) is 12.7 Å². The molecule has 1 saturated carbocycles. The molecule has 1 atom stereocenters. The molecular formula is C10H16N2O3. The lowest BCUT2D eigenvalue weighted by Gasteiger charge is -2.23. The molecule has 1 aliphatic carbocycles. The third-order valence-electron chi connectivity index (χ3n) is 2.31. The maximum Gasteiger partial charge on any atom is 0.323 e. The summed E-state index contributed by atoms with van der Waals surface area (Å²) in [4.78, 5) is 23.7. The number of carbonyl (C=O) groups excluding carboxylic acids is 1. The van der Waals surface area contributed by atoms with Gasteiger partial charge in [0.2, 0.25) is 5.91 Å². The normalized spacial score (nSPS) is 16.9. The number of hydrogen-bond donors (Lipinski definition) is 2. The van der Waals surface area contributed by atoms with Gasteiger partial charge in [-0.05, 0) is 19.3 Å². The minimum atomic E-state index is -0.999. The van der Waals surface area contributed by atoms with E-state index in [1.807, 2.05) is 0 Å². The van der Waals surface area contributed by atoms with Gasteiger partial charge in [0.1, 0.15) is 6.54 Å². The highest BCUT2D eigenvalue weighted by molar-refractivity contribution is 5.85. The largest absolute Gasteiger partial charge is 0.480 e. The molecule has 0 spiro atoms. The van der Waals surface area contributed by atoms with Crippen molar-refractivity contribution in [3.8, 4) is 0 Å². The predicted molar refractivity (Wildman–Crippen MR) is 55.2 cm³/mol. The highest BCUT2D eigenvalue weighted by Gasteiger charge is 2.35. The van der Waals surface area contributed by atoms with E-state index < -0.39 is 12.0 Å². The lowest BCUT2D eigenvalue weighted by Crippen LogP contribution is -2.46. The molecule has 0 radical (unpaired) electrons. The first kappa shape index (κ1) is 11.7. The number of amides is 1. The molecule has 0 saturated heterocycles. The van der Waals surface area contributed by atoms with Crippen LogP contribution in [0.15, 0.2) is 12.7 Å². The molecule has 0 bridgehead atoms. The summed E-state index contributed by atoms with van der Waals surface area (Å²) in [6.45, 7) is 3.24. The summed E-state index contributed by atoms with van der Waals surface area (Å²) in [5.41, 5.74) is 5.61. The van der Waals surface area contributed by atoms with Gasteiger partial charge in [-0.2, -0.15) is 0 Å². The van der Waals surface area contributed by atoms with Gasteiger partial charge >= 0.3 is 5.97 Å². The molecule has 1 rings (SSSR count). The van der Waals surface area contributed by atoms with Gasteiger partial charge in [0.25, 0.3) is 0 Å². The van der Waals surface area contributed by atoms with Crippen molar-refractivity contribution in [2.24, 2.45) is 5.73 Å². The highest BCUT2D eigenvalue weighted by atomic mass is 16.4. The van der Waals surface area contributed by atoms with Gasteiger partial charge in [-0.1, -0.05) is 6.08 Å². The Bertz CT molecular complexity index is 274. The second-order valence-corrected chi connectivity index (χ2v) is 3.72. The summed E-state index contributed by atoms with van der Waals surface area (Å²) in [5, 5.41) is 8.67. The fourth-order valence-electron chi connectivity index (χ4n) is 1.41. The first-order chi connectivity index (χ1) is 7.06. The molecule has 1 unspecified atom stereocenters. The SMILES string of the molecule is C=CCC(N)C(=O)N(CC(=O)O)C1CC1. The van der Waals surface area contributed by atoms with Crippen LogP contribution >= 0.6 is 0 Å². The van der Waals surface area contributed by atoms with Crippen LogP contribution in [-0.2, 0) is 9.59 Å². The topological polar surface area (TPSA) is 83.6 Å². The number of aliphatic carboxylic acids is 1. The molecule has 5 heteroatoms. The minimum Gasteiger partial charge on any atom is -0.480 e. The number of nitrogens with zero attached hydrogens (tertiary/aromatic N) is 1. The van der Waals surface area contributed by atoms with Gasteiger partial charge in [-0.15, -0.1) is 6.58 Å². The molecule has 0 heterocycles. The van der Waals surface area contributed by atoms with Gasteiger partial charge in [0.15, 0.2) is 0 Å². The first-order valence-electron chi connectivity index (χ1n) is 4.95. The Morgan fingerprint density at radius 1 is 1.60 bits per heavy atom. The van der Waals surface area contributed by atoms with E-state index in [1.54, 1.807) is 6.08 Å². The molecule has 0 aromatic carbocycles. The van der Waals surface area contributed by atoms with Crippen LogP contribution in [0.25, 0.3) is 0 Å². The quantitative estimate of drug-likeness (QED) is 0.605.